The lowest BCUT2D eigenvalue weighted by atomic mass is 9.95. The zero-order valence-electron chi connectivity index (χ0n) is 17.8. The highest BCUT2D eigenvalue weighted by molar-refractivity contribution is 7.22. The number of aliphatic hydroxyl groups is 1. The normalized spacial score (nSPS) is 16.0. The molecule has 34 heavy (non-hydrogen) atoms. The van der Waals surface area contributed by atoms with Gasteiger partial charge in [-0.25, -0.2) is 4.98 Å². The van der Waals surface area contributed by atoms with Crippen LogP contribution in [-0.4, -0.2) is 26.7 Å². The van der Waals surface area contributed by atoms with E-state index < -0.39 is 28.4 Å². The molecule has 0 saturated heterocycles. The monoisotopic (exact) mass is 491 g/mol. The second-order valence-electron chi connectivity index (χ2n) is 7.65. The molecule has 4 aromatic rings. The van der Waals surface area contributed by atoms with Crippen LogP contribution in [0, 0.1) is 10.1 Å². The molecule has 0 fully saturated rings. The van der Waals surface area contributed by atoms with Crippen molar-refractivity contribution < 1.29 is 19.6 Å². The minimum absolute atomic E-state index is 0.0743. The van der Waals surface area contributed by atoms with Gasteiger partial charge >= 0.3 is 0 Å². The van der Waals surface area contributed by atoms with Crippen molar-refractivity contribution >= 4 is 55.4 Å². The van der Waals surface area contributed by atoms with Gasteiger partial charge in [0.05, 0.1) is 31.6 Å². The molecule has 1 amide bonds. The average molecular weight is 492 g/mol. The maximum Gasteiger partial charge on any atom is 0.296 e. The van der Waals surface area contributed by atoms with E-state index in [0.29, 0.717) is 21.1 Å². The van der Waals surface area contributed by atoms with Crippen molar-refractivity contribution in [1.82, 2.24) is 4.98 Å². The number of thiophene rings is 1. The van der Waals surface area contributed by atoms with Crippen LogP contribution >= 0.6 is 22.7 Å². The summed E-state index contributed by atoms with van der Waals surface area (Å²) >= 11 is 2.49. The maximum atomic E-state index is 13.3. The third-order valence-electron chi connectivity index (χ3n) is 5.67. The number of carbonyl (C=O) groups excluding carboxylic acids is 2. The molecule has 1 aliphatic heterocycles. The molecule has 5 rings (SSSR count). The highest BCUT2D eigenvalue weighted by Gasteiger charge is 2.46. The topological polar surface area (TPSA) is 114 Å². The van der Waals surface area contributed by atoms with Crippen LogP contribution in [0.1, 0.15) is 33.8 Å². The number of anilines is 1. The number of nitro groups is 1. The van der Waals surface area contributed by atoms with Crippen molar-refractivity contribution in [1.29, 1.82) is 0 Å². The zero-order chi connectivity index (χ0) is 24.0. The van der Waals surface area contributed by atoms with E-state index in [9.17, 15) is 24.8 Å². The third-order valence-corrected chi connectivity index (χ3v) is 7.56. The number of non-ortho nitro benzene ring substituents is 1. The van der Waals surface area contributed by atoms with Crippen LogP contribution < -0.4 is 4.90 Å². The van der Waals surface area contributed by atoms with Crippen molar-refractivity contribution in [3.8, 4) is 0 Å². The number of hydrogen-bond acceptors (Lipinski definition) is 8. The molecular formula is C24H17N3O5S2. The number of fused-ring (bicyclic) bond motifs is 1. The second-order valence-corrected chi connectivity index (χ2v) is 9.60. The van der Waals surface area contributed by atoms with E-state index in [-0.39, 0.29) is 11.3 Å². The summed E-state index contributed by atoms with van der Waals surface area (Å²) in [6, 6.07) is 13.8. The molecule has 0 unspecified atom stereocenters. The molecule has 10 heteroatoms. The van der Waals surface area contributed by atoms with Gasteiger partial charge in [0.25, 0.3) is 11.6 Å². The number of amides is 1. The van der Waals surface area contributed by atoms with Crippen LogP contribution in [0.3, 0.4) is 0 Å². The Labute approximate surface area is 201 Å². The summed E-state index contributed by atoms with van der Waals surface area (Å²) in [4.78, 5) is 43.5. The summed E-state index contributed by atoms with van der Waals surface area (Å²) in [5.41, 5.74) is 2.08. The van der Waals surface area contributed by atoms with Crippen LogP contribution in [0.4, 0.5) is 10.8 Å². The molecule has 0 aliphatic carbocycles. The molecule has 1 N–H and O–H groups in total. The van der Waals surface area contributed by atoms with Gasteiger partial charge in [-0.15, -0.1) is 11.3 Å². The summed E-state index contributed by atoms with van der Waals surface area (Å²) < 4.78 is 0.877. The third kappa shape index (κ3) is 3.57. The van der Waals surface area contributed by atoms with Crippen LogP contribution in [0.2, 0.25) is 0 Å². The lowest BCUT2D eigenvalue weighted by molar-refractivity contribution is -0.384. The summed E-state index contributed by atoms with van der Waals surface area (Å²) in [6.45, 7) is 2.04. The molecule has 3 heterocycles. The molecule has 0 saturated carbocycles. The number of rotatable bonds is 6. The molecule has 2 aromatic carbocycles. The van der Waals surface area contributed by atoms with Crippen LogP contribution in [0.5, 0.6) is 0 Å². The first-order valence-corrected chi connectivity index (χ1v) is 12.1. The Morgan fingerprint density at radius 2 is 1.97 bits per heavy atom. The number of hydrogen-bond donors (Lipinski definition) is 1. The lowest BCUT2D eigenvalue weighted by Crippen LogP contribution is -2.30. The number of thiazole rings is 1. The van der Waals surface area contributed by atoms with Gasteiger partial charge in [0.2, 0.25) is 5.78 Å². The summed E-state index contributed by atoms with van der Waals surface area (Å²) in [6.07, 6.45) is 0.846. The van der Waals surface area contributed by atoms with Crippen LogP contribution in [-0.2, 0) is 11.2 Å². The van der Waals surface area contributed by atoms with Gasteiger partial charge in [-0.1, -0.05) is 30.4 Å². The minimum atomic E-state index is -0.978. The summed E-state index contributed by atoms with van der Waals surface area (Å²) in [5, 5.41) is 24.0. The van der Waals surface area contributed by atoms with Crippen molar-refractivity contribution in [2.75, 3.05) is 4.90 Å². The van der Waals surface area contributed by atoms with Crippen LogP contribution in [0.15, 0.2) is 71.3 Å². The quantitative estimate of drug-likeness (QED) is 0.213. The Morgan fingerprint density at radius 1 is 1.21 bits per heavy atom. The van der Waals surface area contributed by atoms with E-state index in [1.54, 1.807) is 17.5 Å². The molecule has 1 aliphatic rings. The molecule has 1 atom stereocenters. The maximum absolute atomic E-state index is 13.3. The number of aliphatic hydroxyl groups excluding tert-OH is 1. The van der Waals surface area contributed by atoms with E-state index in [0.717, 1.165) is 16.7 Å². The van der Waals surface area contributed by atoms with Crippen molar-refractivity contribution in [2.24, 2.45) is 0 Å². The first kappa shape index (κ1) is 21.9. The minimum Gasteiger partial charge on any atom is -0.503 e. The molecule has 8 nitrogen and oxygen atoms in total. The van der Waals surface area contributed by atoms with Gasteiger partial charge < -0.3 is 5.11 Å². The van der Waals surface area contributed by atoms with E-state index in [1.807, 2.05) is 25.1 Å². The molecule has 0 bridgehead atoms. The van der Waals surface area contributed by atoms with Gasteiger partial charge in [0.1, 0.15) is 0 Å². The fourth-order valence-corrected chi connectivity index (χ4v) is 5.68. The molecule has 0 spiro atoms. The molecular weight excluding hydrogens is 474 g/mol. The standard InChI is InChI=1S/C24H17N3O5S2/c1-2-13-5-10-16-18(12-13)34-24(25-16)26-20(14-6-8-15(9-7-14)27(31)32)19(22(29)23(26)30)21(28)17-4-3-11-33-17/h3-12,20,29H,2H2,1H3/t20-/m0/s1. The Balaban J connectivity index is 1.66. The first-order chi connectivity index (χ1) is 16.4. The molecule has 2 aromatic heterocycles. The van der Waals surface area contributed by atoms with Crippen LogP contribution in [0.25, 0.3) is 10.2 Å². The van der Waals surface area contributed by atoms with E-state index in [1.165, 1.54) is 51.8 Å². The number of nitro benzene ring substituents is 1. The van der Waals surface area contributed by atoms with Gasteiger partial charge in [-0.05, 0) is 53.3 Å². The van der Waals surface area contributed by atoms with Gasteiger partial charge in [0.15, 0.2) is 10.9 Å². The zero-order valence-corrected chi connectivity index (χ0v) is 19.4. The number of benzene rings is 2. The Bertz CT molecular complexity index is 1470. The largest absolute Gasteiger partial charge is 0.503 e. The van der Waals surface area contributed by atoms with E-state index >= 15 is 0 Å². The van der Waals surface area contributed by atoms with Gasteiger partial charge in [-0.3, -0.25) is 24.6 Å². The fourth-order valence-electron chi connectivity index (χ4n) is 3.95. The van der Waals surface area contributed by atoms with Gasteiger partial charge in [-0.2, -0.15) is 0 Å². The predicted molar refractivity (Wildman–Crippen MR) is 131 cm³/mol. The fraction of sp³-hybridized carbons (Fsp3) is 0.125. The SMILES string of the molecule is CCc1ccc2nc(N3C(=O)C(O)=C(C(=O)c4cccs4)[C@@H]3c3ccc([N+](=O)[O-])cc3)sc2c1. The van der Waals surface area contributed by atoms with Gasteiger partial charge in [0, 0.05) is 12.1 Å². The Hall–Kier alpha value is -3.89. The number of carbonyl (C=O) groups is 2. The number of Topliss-reactive ketones (excluding diaryl/α,β-unsaturated/α-hetero) is 1. The van der Waals surface area contributed by atoms with E-state index in [4.69, 9.17) is 0 Å². The predicted octanol–water partition coefficient (Wildman–Crippen LogP) is 5.61. The Kier molecular flexibility index (Phi) is 5.46. The number of nitrogens with zero attached hydrogens (tertiary/aromatic N) is 3. The summed E-state index contributed by atoms with van der Waals surface area (Å²) in [5.74, 6) is -1.85. The smallest absolute Gasteiger partial charge is 0.296 e. The molecule has 0 radical (unpaired) electrons. The van der Waals surface area contributed by atoms with Crippen molar-refractivity contribution in [2.45, 2.75) is 19.4 Å². The van der Waals surface area contributed by atoms with Crippen molar-refractivity contribution in [3.05, 3.63) is 97.4 Å². The number of aromatic nitrogens is 1. The second kappa shape index (κ2) is 8.47. The number of ketones is 1. The molecule has 170 valence electrons. The lowest BCUT2D eigenvalue weighted by Gasteiger charge is -2.24. The first-order valence-electron chi connectivity index (χ1n) is 10.4. The Morgan fingerprint density at radius 3 is 2.62 bits per heavy atom. The number of aryl methyl sites for hydroxylation is 1. The highest BCUT2D eigenvalue weighted by atomic mass is 32.1. The van der Waals surface area contributed by atoms with Crippen molar-refractivity contribution in [3.63, 3.8) is 0 Å². The average Bonchev–Trinajstić information content (AvgIpc) is 3.57. The van der Waals surface area contributed by atoms with E-state index in [2.05, 4.69) is 4.98 Å². The summed E-state index contributed by atoms with van der Waals surface area (Å²) in [7, 11) is 0. The highest BCUT2D eigenvalue weighted by Crippen LogP contribution is 2.44.